The highest BCUT2D eigenvalue weighted by molar-refractivity contribution is 5.11. The molecule has 0 aliphatic carbocycles. The molecule has 0 radical (unpaired) electrons. The molecule has 0 aromatic carbocycles. The Hall–Kier alpha value is -0.760. The van der Waals surface area contributed by atoms with Crippen molar-refractivity contribution in [2.45, 2.75) is 46.1 Å². The van der Waals surface area contributed by atoms with Gasteiger partial charge in [-0.1, -0.05) is 33.6 Å². The minimum absolute atomic E-state index is 0.457. The van der Waals surface area contributed by atoms with Crippen LogP contribution in [-0.2, 0) is 0 Å². The Bertz CT molecular complexity index is 239. The van der Waals surface area contributed by atoms with Gasteiger partial charge in [-0.05, 0) is 24.9 Å². The Morgan fingerprint density at radius 1 is 1.27 bits per heavy atom. The molecule has 0 saturated carbocycles. The van der Waals surface area contributed by atoms with Crippen LogP contribution in [0.2, 0.25) is 0 Å². The number of hydrogen-bond acceptors (Lipinski definition) is 2. The van der Waals surface area contributed by atoms with E-state index in [4.69, 9.17) is 4.42 Å². The average Bonchev–Trinajstić information content (AvgIpc) is 2.77. The van der Waals surface area contributed by atoms with Gasteiger partial charge in [-0.3, -0.25) is 0 Å². The molecule has 0 saturated heterocycles. The lowest BCUT2D eigenvalue weighted by molar-refractivity contribution is 0.373. The van der Waals surface area contributed by atoms with E-state index < -0.39 is 0 Å². The zero-order chi connectivity index (χ0) is 11.1. The van der Waals surface area contributed by atoms with Crippen LogP contribution in [0.4, 0.5) is 0 Å². The van der Waals surface area contributed by atoms with E-state index in [0.29, 0.717) is 6.04 Å². The normalized spacial score (nSPS) is 13.3. The van der Waals surface area contributed by atoms with Crippen molar-refractivity contribution in [2.24, 2.45) is 5.92 Å². The Kier molecular flexibility index (Phi) is 5.48. The lowest BCUT2D eigenvalue weighted by Crippen LogP contribution is -2.22. The summed E-state index contributed by atoms with van der Waals surface area (Å²) in [6.07, 6.45) is 7.34. The summed E-state index contributed by atoms with van der Waals surface area (Å²) in [5, 5.41) is 3.52. The van der Waals surface area contributed by atoms with Gasteiger partial charge in [0.25, 0.3) is 0 Å². The van der Waals surface area contributed by atoms with E-state index in [1.807, 2.05) is 6.26 Å². The van der Waals surface area contributed by atoms with Gasteiger partial charge in [-0.15, -0.1) is 0 Å². The number of furan rings is 1. The predicted molar refractivity (Wildman–Crippen MR) is 63.8 cm³/mol. The average molecular weight is 209 g/mol. The fourth-order valence-electron chi connectivity index (χ4n) is 2.01. The first kappa shape index (κ1) is 12.3. The first-order valence-corrected chi connectivity index (χ1v) is 6.07. The molecular formula is C13H23NO. The molecule has 2 heteroatoms. The monoisotopic (exact) mass is 209 g/mol. The van der Waals surface area contributed by atoms with E-state index in [1.165, 1.54) is 24.8 Å². The Balaban J connectivity index is 2.58. The van der Waals surface area contributed by atoms with Crippen molar-refractivity contribution in [1.82, 2.24) is 5.32 Å². The van der Waals surface area contributed by atoms with Crippen LogP contribution < -0.4 is 5.32 Å². The van der Waals surface area contributed by atoms with Crippen LogP contribution in [-0.4, -0.2) is 6.54 Å². The van der Waals surface area contributed by atoms with E-state index in [0.717, 1.165) is 12.5 Å². The van der Waals surface area contributed by atoms with Crippen LogP contribution in [0.5, 0.6) is 0 Å². The van der Waals surface area contributed by atoms with Crippen LogP contribution >= 0.6 is 0 Å². The molecule has 1 aromatic heterocycles. The molecule has 0 aliphatic rings. The molecule has 1 unspecified atom stereocenters. The first-order valence-electron chi connectivity index (χ1n) is 6.07. The van der Waals surface area contributed by atoms with Crippen molar-refractivity contribution in [1.29, 1.82) is 0 Å². The molecule has 1 atom stereocenters. The van der Waals surface area contributed by atoms with Gasteiger partial charge in [0.05, 0.1) is 12.5 Å². The van der Waals surface area contributed by atoms with E-state index in [1.54, 1.807) is 6.26 Å². The van der Waals surface area contributed by atoms with Crippen LogP contribution in [0.25, 0.3) is 0 Å². The van der Waals surface area contributed by atoms with Crippen molar-refractivity contribution in [2.75, 3.05) is 6.54 Å². The number of rotatable bonds is 7. The van der Waals surface area contributed by atoms with Crippen LogP contribution in [0.3, 0.4) is 0 Å². The second-order valence-electron chi connectivity index (χ2n) is 4.09. The molecular weight excluding hydrogens is 186 g/mol. The topological polar surface area (TPSA) is 25.2 Å². The van der Waals surface area contributed by atoms with E-state index in [2.05, 4.69) is 32.2 Å². The summed E-state index contributed by atoms with van der Waals surface area (Å²) in [5.74, 6) is 0.809. The van der Waals surface area contributed by atoms with Crippen LogP contribution in [0.15, 0.2) is 23.0 Å². The molecule has 1 N–H and O–H groups in total. The maximum Gasteiger partial charge on any atom is 0.0950 e. The molecule has 0 fully saturated rings. The molecule has 0 aliphatic heterocycles. The zero-order valence-electron chi connectivity index (χ0n) is 10.1. The van der Waals surface area contributed by atoms with Gasteiger partial charge in [0.2, 0.25) is 0 Å². The third-order valence-electron chi connectivity index (χ3n) is 3.12. The second kappa shape index (κ2) is 6.67. The quantitative estimate of drug-likeness (QED) is 0.739. The second-order valence-corrected chi connectivity index (χ2v) is 4.09. The van der Waals surface area contributed by atoms with Gasteiger partial charge in [-0.25, -0.2) is 0 Å². The fraction of sp³-hybridized carbons (Fsp3) is 0.692. The van der Waals surface area contributed by atoms with Crippen molar-refractivity contribution in [3.8, 4) is 0 Å². The van der Waals surface area contributed by atoms with Gasteiger partial charge < -0.3 is 9.73 Å². The Morgan fingerprint density at radius 2 is 2.00 bits per heavy atom. The maximum atomic E-state index is 5.15. The maximum absolute atomic E-state index is 5.15. The highest BCUT2D eigenvalue weighted by Crippen LogP contribution is 2.25. The molecule has 86 valence electrons. The highest BCUT2D eigenvalue weighted by atomic mass is 16.3. The van der Waals surface area contributed by atoms with Gasteiger partial charge in [0.1, 0.15) is 0 Å². The summed E-state index contributed by atoms with van der Waals surface area (Å²) in [7, 11) is 0. The molecule has 0 spiro atoms. The molecule has 1 aromatic rings. The minimum atomic E-state index is 0.457. The fourth-order valence-corrected chi connectivity index (χ4v) is 2.01. The van der Waals surface area contributed by atoms with Crippen molar-refractivity contribution < 1.29 is 4.42 Å². The van der Waals surface area contributed by atoms with Crippen LogP contribution in [0, 0.1) is 5.92 Å². The third kappa shape index (κ3) is 3.71. The lowest BCUT2D eigenvalue weighted by atomic mass is 9.92. The SMILES string of the molecule is CCNC(CC(CC)CC)c1ccoc1. The lowest BCUT2D eigenvalue weighted by Gasteiger charge is -2.21. The summed E-state index contributed by atoms with van der Waals surface area (Å²) in [5.41, 5.74) is 1.28. The largest absolute Gasteiger partial charge is 0.472 e. The summed E-state index contributed by atoms with van der Waals surface area (Å²) < 4.78 is 5.15. The minimum Gasteiger partial charge on any atom is -0.472 e. The van der Waals surface area contributed by atoms with Gasteiger partial charge >= 0.3 is 0 Å². The van der Waals surface area contributed by atoms with E-state index in [9.17, 15) is 0 Å². The molecule has 0 amide bonds. The Morgan fingerprint density at radius 3 is 2.47 bits per heavy atom. The third-order valence-corrected chi connectivity index (χ3v) is 3.12. The molecule has 0 bridgehead atoms. The standard InChI is InChI=1S/C13H23NO/c1-4-11(5-2)9-13(14-6-3)12-7-8-15-10-12/h7-8,10-11,13-14H,4-6,9H2,1-3H3. The summed E-state index contributed by atoms with van der Waals surface area (Å²) in [6, 6.07) is 2.52. The van der Waals surface area contributed by atoms with Gasteiger partial charge in [0, 0.05) is 11.6 Å². The summed E-state index contributed by atoms with van der Waals surface area (Å²) in [4.78, 5) is 0. The van der Waals surface area contributed by atoms with Crippen molar-refractivity contribution in [3.05, 3.63) is 24.2 Å². The summed E-state index contributed by atoms with van der Waals surface area (Å²) in [6.45, 7) is 7.70. The molecule has 2 nitrogen and oxygen atoms in total. The predicted octanol–water partition coefficient (Wildman–Crippen LogP) is 3.76. The highest BCUT2D eigenvalue weighted by Gasteiger charge is 2.15. The number of hydrogen-bond donors (Lipinski definition) is 1. The van der Waals surface area contributed by atoms with Gasteiger partial charge in [0.15, 0.2) is 0 Å². The van der Waals surface area contributed by atoms with E-state index in [-0.39, 0.29) is 0 Å². The van der Waals surface area contributed by atoms with Crippen LogP contribution in [0.1, 0.15) is 51.6 Å². The van der Waals surface area contributed by atoms with Gasteiger partial charge in [-0.2, -0.15) is 0 Å². The zero-order valence-corrected chi connectivity index (χ0v) is 10.1. The molecule has 1 rings (SSSR count). The summed E-state index contributed by atoms with van der Waals surface area (Å²) >= 11 is 0. The molecule has 1 heterocycles. The van der Waals surface area contributed by atoms with E-state index >= 15 is 0 Å². The number of nitrogens with one attached hydrogen (secondary N) is 1. The molecule has 15 heavy (non-hydrogen) atoms. The first-order chi connectivity index (χ1) is 7.31. The van der Waals surface area contributed by atoms with Crippen molar-refractivity contribution in [3.63, 3.8) is 0 Å². The smallest absolute Gasteiger partial charge is 0.0950 e. The Labute approximate surface area is 93.1 Å². The van der Waals surface area contributed by atoms with Crippen molar-refractivity contribution >= 4 is 0 Å².